The number of benzene rings is 2. The summed E-state index contributed by atoms with van der Waals surface area (Å²) >= 11 is 6.01. The van der Waals surface area contributed by atoms with E-state index < -0.39 is 5.97 Å². The average Bonchev–Trinajstić information content (AvgIpc) is 2.95. The number of hydrogen-bond donors (Lipinski definition) is 0. The molecule has 122 valence electrons. The number of cyclic esters (lactones) is 1. The van der Waals surface area contributed by atoms with Crippen LogP contribution in [0.1, 0.15) is 11.1 Å². The predicted molar refractivity (Wildman–Crippen MR) is 91.6 cm³/mol. The highest BCUT2D eigenvalue weighted by Crippen LogP contribution is 2.28. The summed E-state index contributed by atoms with van der Waals surface area (Å²) in [5, 5.41) is 0.531. The van der Waals surface area contributed by atoms with Gasteiger partial charge in [-0.05, 0) is 36.4 Å². The molecule has 0 saturated heterocycles. The molecule has 0 aromatic heterocycles. The number of halogens is 1. The second-order valence-corrected chi connectivity index (χ2v) is 5.36. The maximum atomic E-state index is 12.1. The first-order valence-electron chi connectivity index (χ1n) is 7.12. The molecule has 0 atom stereocenters. The van der Waals surface area contributed by atoms with E-state index in [9.17, 15) is 4.79 Å². The van der Waals surface area contributed by atoms with Crippen LogP contribution < -0.4 is 9.47 Å². The molecule has 0 radical (unpaired) electrons. The molecule has 5 nitrogen and oxygen atoms in total. The Morgan fingerprint density at radius 1 is 1.08 bits per heavy atom. The molecule has 1 aliphatic rings. The van der Waals surface area contributed by atoms with Crippen LogP contribution in [0, 0.1) is 0 Å². The third kappa shape index (κ3) is 3.12. The summed E-state index contributed by atoms with van der Waals surface area (Å²) in [6, 6.07) is 12.3. The minimum atomic E-state index is -0.544. The summed E-state index contributed by atoms with van der Waals surface area (Å²) in [6.07, 6.45) is 1.58. The fraction of sp³-hybridized carbons (Fsp3) is 0.111. The van der Waals surface area contributed by atoms with Gasteiger partial charge in [-0.3, -0.25) is 0 Å². The maximum absolute atomic E-state index is 12.1. The van der Waals surface area contributed by atoms with E-state index in [1.807, 2.05) is 12.1 Å². The van der Waals surface area contributed by atoms with Gasteiger partial charge in [0.2, 0.25) is 5.90 Å². The number of esters is 1. The molecular weight excluding hydrogens is 330 g/mol. The van der Waals surface area contributed by atoms with E-state index in [4.69, 9.17) is 25.8 Å². The smallest absolute Gasteiger partial charge is 0.363 e. The molecule has 1 heterocycles. The monoisotopic (exact) mass is 343 g/mol. The number of nitrogens with zero attached hydrogens (tertiary/aromatic N) is 1. The van der Waals surface area contributed by atoms with E-state index in [-0.39, 0.29) is 11.6 Å². The van der Waals surface area contributed by atoms with E-state index in [1.54, 1.807) is 50.6 Å². The number of rotatable bonds is 4. The van der Waals surface area contributed by atoms with Crippen LogP contribution >= 0.6 is 11.6 Å². The Balaban J connectivity index is 2.02. The number of aliphatic imine (C=N–C) groups is 1. The molecule has 24 heavy (non-hydrogen) atoms. The van der Waals surface area contributed by atoms with Crippen LogP contribution in [0.25, 0.3) is 6.08 Å². The van der Waals surface area contributed by atoms with Crippen molar-refractivity contribution in [2.75, 3.05) is 14.2 Å². The first kappa shape index (κ1) is 16.1. The minimum absolute atomic E-state index is 0.163. The van der Waals surface area contributed by atoms with Crippen LogP contribution in [0.2, 0.25) is 5.02 Å². The number of methoxy groups -OCH3 is 2. The van der Waals surface area contributed by atoms with Crippen molar-refractivity contribution in [2.45, 2.75) is 0 Å². The van der Waals surface area contributed by atoms with Crippen molar-refractivity contribution in [2.24, 2.45) is 4.99 Å². The van der Waals surface area contributed by atoms with Crippen molar-refractivity contribution in [3.63, 3.8) is 0 Å². The Bertz CT molecular complexity index is 858. The van der Waals surface area contributed by atoms with Gasteiger partial charge in [0.1, 0.15) is 11.5 Å². The van der Waals surface area contributed by atoms with Gasteiger partial charge in [0.15, 0.2) is 5.70 Å². The molecule has 0 aliphatic carbocycles. The summed E-state index contributed by atoms with van der Waals surface area (Å²) in [7, 11) is 3.09. The lowest BCUT2D eigenvalue weighted by Crippen LogP contribution is -2.06. The third-order valence-corrected chi connectivity index (χ3v) is 3.68. The average molecular weight is 344 g/mol. The SMILES string of the molecule is COc1ccc(Cl)cc1/C=C1/N=C(c2ccccc2OC)OC1=O. The van der Waals surface area contributed by atoms with Crippen molar-refractivity contribution in [1.29, 1.82) is 0 Å². The summed E-state index contributed by atoms with van der Waals surface area (Å²) in [6.45, 7) is 0. The molecule has 0 spiro atoms. The van der Waals surface area contributed by atoms with Crippen LogP contribution in [-0.4, -0.2) is 26.1 Å². The van der Waals surface area contributed by atoms with Gasteiger partial charge in [0.25, 0.3) is 0 Å². The Labute approximate surface area is 144 Å². The van der Waals surface area contributed by atoms with Crippen LogP contribution in [0.5, 0.6) is 11.5 Å². The van der Waals surface area contributed by atoms with Crippen molar-refractivity contribution in [3.8, 4) is 11.5 Å². The standard InChI is InChI=1S/C18H14ClNO4/c1-22-15-8-7-12(19)9-11(15)10-14-18(21)24-17(20-14)13-5-3-4-6-16(13)23-2/h3-10H,1-2H3/b14-10+. The van der Waals surface area contributed by atoms with Gasteiger partial charge < -0.3 is 14.2 Å². The van der Waals surface area contributed by atoms with Crippen LogP contribution in [0.15, 0.2) is 53.2 Å². The lowest BCUT2D eigenvalue weighted by atomic mass is 10.1. The minimum Gasteiger partial charge on any atom is -0.496 e. The van der Waals surface area contributed by atoms with Crippen molar-refractivity contribution >= 4 is 29.5 Å². The fourth-order valence-electron chi connectivity index (χ4n) is 2.31. The van der Waals surface area contributed by atoms with Gasteiger partial charge in [-0.15, -0.1) is 0 Å². The molecule has 0 amide bonds. The van der Waals surface area contributed by atoms with Gasteiger partial charge in [-0.25, -0.2) is 9.79 Å². The van der Waals surface area contributed by atoms with E-state index in [2.05, 4.69) is 4.99 Å². The summed E-state index contributed by atoms with van der Waals surface area (Å²) in [5.41, 5.74) is 1.41. The quantitative estimate of drug-likeness (QED) is 0.627. The molecule has 2 aromatic carbocycles. The molecule has 3 rings (SSSR count). The zero-order chi connectivity index (χ0) is 17.1. The highest BCUT2D eigenvalue weighted by Gasteiger charge is 2.26. The van der Waals surface area contributed by atoms with E-state index in [0.29, 0.717) is 27.6 Å². The van der Waals surface area contributed by atoms with Gasteiger partial charge >= 0.3 is 5.97 Å². The largest absolute Gasteiger partial charge is 0.496 e. The van der Waals surface area contributed by atoms with Crippen LogP contribution in [0.4, 0.5) is 0 Å². The first-order chi connectivity index (χ1) is 11.6. The van der Waals surface area contributed by atoms with E-state index >= 15 is 0 Å². The van der Waals surface area contributed by atoms with Crippen LogP contribution in [-0.2, 0) is 9.53 Å². The summed E-state index contributed by atoms with van der Waals surface area (Å²) in [4.78, 5) is 16.4. The second kappa shape index (κ2) is 6.76. The summed E-state index contributed by atoms with van der Waals surface area (Å²) < 4.78 is 15.8. The highest BCUT2D eigenvalue weighted by atomic mass is 35.5. The first-order valence-corrected chi connectivity index (χ1v) is 7.49. The van der Waals surface area contributed by atoms with Gasteiger partial charge in [0.05, 0.1) is 19.8 Å². The topological polar surface area (TPSA) is 57.1 Å². The lowest BCUT2D eigenvalue weighted by molar-refractivity contribution is -0.129. The van der Waals surface area contributed by atoms with E-state index in [1.165, 1.54) is 0 Å². The second-order valence-electron chi connectivity index (χ2n) is 4.92. The van der Waals surface area contributed by atoms with Crippen molar-refractivity contribution in [1.82, 2.24) is 0 Å². The number of carbonyl (C=O) groups excluding carboxylic acids is 1. The predicted octanol–water partition coefficient (Wildman–Crippen LogP) is 3.70. The molecule has 0 fully saturated rings. The lowest BCUT2D eigenvalue weighted by Gasteiger charge is -2.05. The Morgan fingerprint density at radius 3 is 2.58 bits per heavy atom. The molecule has 0 saturated carbocycles. The molecule has 0 unspecified atom stereocenters. The zero-order valence-electron chi connectivity index (χ0n) is 13.1. The maximum Gasteiger partial charge on any atom is 0.363 e. The Hall–Kier alpha value is -2.79. The van der Waals surface area contributed by atoms with Gasteiger partial charge in [-0.1, -0.05) is 23.7 Å². The third-order valence-electron chi connectivity index (χ3n) is 3.44. The number of ether oxygens (including phenoxy) is 3. The molecule has 2 aromatic rings. The molecular formula is C18H14ClNO4. The molecule has 0 N–H and O–H groups in total. The van der Waals surface area contributed by atoms with Gasteiger partial charge in [0, 0.05) is 10.6 Å². The normalized spacial score (nSPS) is 15.2. The number of hydrogen-bond acceptors (Lipinski definition) is 5. The molecule has 6 heteroatoms. The number of carbonyl (C=O) groups is 1. The molecule has 1 aliphatic heterocycles. The van der Waals surface area contributed by atoms with Crippen LogP contribution in [0.3, 0.4) is 0 Å². The van der Waals surface area contributed by atoms with Crippen molar-refractivity contribution in [3.05, 3.63) is 64.3 Å². The van der Waals surface area contributed by atoms with E-state index in [0.717, 1.165) is 0 Å². The van der Waals surface area contributed by atoms with Gasteiger partial charge in [-0.2, -0.15) is 0 Å². The Kier molecular flexibility index (Phi) is 4.53. The number of para-hydroxylation sites is 1. The Morgan fingerprint density at radius 2 is 1.83 bits per heavy atom. The van der Waals surface area contributed by atoms with Crippen molar-refractivity contribution < 1.29 is 19.0 Å². The summed E-state index contributed by atoms with van der Waals surface area (Å²) in [5.74, 6) is 0.814. The molecule has 0 bridgehead atoms. The highest BCUT2D eigenvalue weighted by molar-refractivity contribution is 6.30. The zero-order valence-corrected chi connectivity index (χ0v) is 13.8. The fourth-order valence-corrected chi connectivity index (χ4v) is 2.49.